The van der Waals surface area contributed by atoms with Crippen LogP contribution in [0.4, 0.5) is 0 Å². The molecule has 1 heterocycles. The maximum Gasteiger partial charge on any atom is 0.231 e. The first-order chi connectivity index (χ1) is 8.06. The molecule has 1 aliphatic carbocycles. The van der Waals surface area contributed by atoms with E-state index in [9.17, 15) is 0 Å². The van der Waals surface area contributed by atoms with E-state index in [4.69, 9.17) is 9.47 Å². The number of nitrogens with one attached hydrogen (secondary N) is 1. The predicted molar refractivity (Wildman–Crippen MR) is 69.3 cm³/mol. The standard InChI is InChI=1S/C13H16BrNO2/c1-13(2)5-12(13)15-6-8-3-10-11(4-9(8)14)17-7-16-10/h3-4,12,15H,5-7H2,1-2H3. The van der Waals surface area contributed by atoms with Gasteiger partial charge in [0.05, 0.1) is 0 Å². The zero-order valence-electron chi connectivity index (χ0n) is 10.0. The lowest BCUT2D eigenvalue weighted by Crippen LogP contribution is -2.20. The molecule has 0 bridgehead atoms. The summed E-state index contributed by atoms with van der Waals surface area (Å²) in [5.41, 5.74) is 1.68. The molecule has 2 aliphatic rings. The number of fused-ring (bicyclic) bond motifs is 1. The molecule has 0 saturated heterocycles. The topological polar surface area (TPSA) is 30.5 Å². The predicted octanol–water partition coefficient (Wildman–Crippen LogP) is 3.07. The Hall–Kier alpha value is -0.740. The van der Waals surface area contributed by atoms with Crippen LogP contribution in [0.2, 0.25) is 0 Å². The largest absolute Gasteiger partial charge is 0.454 e. The number of halogens is 1. The van der Waals surface area contributed by atoms with E-state index in [0.29, 0.717) is 18.2 Å². The minimum absolute atomic E-state index is 0.328. The van der Waals surface area contributed by atoms with Gasteiger partial charge >= 0.3 is 0 Å². The molecule has 0 amide bonds. The molecule has 1 aromatic rings. The van der Waals surface area contributed by atoms with Crippen LogP contribution in [0.3, 0.4) is 0 Å². The van der Waals surface area contributed by atoms with Crippen molar-refractivity contribution in [3.63, 3.8) is 0 Å². The number of hydrogen-bond acceptors (Lipinski definition) is 3. The van der Waals surface area contributed by atoms with Crippen molar-refractivity contribution in [2.45, 2.75) is 32.9 Å². The maximum atomic E-state index is 5.39. The van der Waals surface area contributed by atoms with Crippen LogP contribution in [-0.2, 0) is 6.54 Å². The van der Waals surface area contributed by atoms with Crippen molar-refractivity contribution in [2.24, 2.45) is 5.41 Å². The zero-order valence-corrected chi connectivity index (χ0v) is 11.6. The van der Waals surface area contributed by atoms with Crippen molar-refractivity contribution in [3.8, 4) is 11.5 Å². The van der Waals surface area contributed by atoms with Crippen LogP contribution in [-0.4, -0.2) is 12.8 Å². The van der Waals surface area contributed by atoms with Crippen LogP contribution in [0.5, 0.6) is 11.5 Å². The molecule has 17 heavy (non-hydrogen) atoms. The fraction of sp³-hybridized carbons (Fsp3) is 0.538. The molecule has 92 valence electrons. The van der Waals surface area contributed by atoms with Gasteiger partial charge in [-0.15, -0.1) is 0 Å². The Bertz CT molecular complexity index is 459. The Balaban J connectivity index is 1.71. The van der Waals surface area contributed by atoms with Crippen LogP contribution < -0.4 is 14.8 Å². The highest BCUT2D eigenvalue weighted by molar-refractivity contribution is 9.10. The summed E-state index contributed by atoms with van der Waals surface area (Å²) < 4.78 is 11.8. The minimum Gasteiger partial charge on any atom is -0.454 e. The van der Waals surface area contributed by atoms with Crippen molar-refractivity contribution in [2.75, 3.05) is 6.79 Å². The number of benzene rings is 1. The third kappa shape index (κ3) is 2.16. The number of ether oxygens (including phenoxy) is 2. The molecule has 0 radical (unpaired) electrons. The van der Waals surface area contributed by atoms with E-state index >= 15 is 0 Å². The molecule has 3 rings (SSSR count). The van der Waals surface area contributed by atoms with Gasteiger partial charge < -0.3 is 14.8 Å². The molecule has 1 saturated carbocycles. The molecular formula is C13H16BrNO2. The quantitative estimate of drug-likeness (QED) is 0.930. The second-order valence-corrected chi connectivity index (χ2v) is 6.28. The monoisotopic (exact) mass is 297 g/mol. The molecule has 1 aliphatic heterocycles. The lowest BCUT2D eigenvalue weighted by Gasteiger charge is -2.09. The van der Waals surface area contributed by atoms with E-state index in [-0.39, 0.29) is 0 Å². The summed E-state index contributed by atoms with van der Waals surface area (Å²) in [6.45, 7) is 5.78. The van der Waals surface area contributed by atoms with Gasteiger partial charge in [-0.05, 0) is 29.5 Å². The fourth-order valence-corrected chi connectivity index (χ4v) is 2.61. The van der Waals surface area contributed by atoms with E-state index in [2.05, 4.69) is 41.2 Å². The van der Waals surface area contributed by atoms with Crippen LogP contribution in [0.25, 0.3) is 0 Å². The summed E-state index contributed by atoms with van der Waals surface area (Å²) in [5, 5.41) is 3.57. The Morgan fingerprint density at radius 2 is 2.00 bits per heavy atom. The highest BCUT2D eigenvalue weighted by Crippen LogP contribution is 2.45. The van der Waals surface area contributed by atoms with Crippen molar-refractivity contribution in [3.05, 3.63) is 22.2 Å². The van der Waals surface area contributed by atoms with Crippen LogP contribution in [0.1, 0.15) is 25.8 Å². The smallest absolute Gasteiger partial charge is 0.231 e. The SMILES string of the molecule is CC1(C)CC1NCc1cc2c(cc1Br)OCO2. The van der Waals surface area contributed by atoms with Gasteiger partial charge in [-0.25, -0.2) is 0 Å². The molecule has 1 unspecified atom stereocenters. The Labute approximate surface area is 110 Å². The highest BCUT2D eigenvalue weighted by Gasteiger charge is 2.45. The van der Waals surface area contributed by atoms with Crippen molar-refractivity contribution >= 4 is 15.9 Å². The van der Waals surface area contributed by atoms with Gasteiger partial charge in [0, 0.05) is 17.1 Å². The van der Waals surface area contributed by atoms with Crippen LogP contribution in [0.15, 0.2) is 16.6 Å². The summed E-state index contributed by atoms with van der Waals surface area (Å²) in [6.07, 6.45) is 1.26. The summed E-state index contributed by atoms with van der Waals surface area (Å²) >= 11 is 3.57. The third-order valence-corrected chi connectivity index (χ3v) is 4.33. The molecule has 1 aromatic carbocycles. The van der Waals surface area contributed by atoms with Gasteiger partial charge in [0.1, 0.15) is 0 Å². The average Bonchev–Trinajstić information content (AvgIpc) is 2.70. The summed E-state index contributed by atoms with van der Waals surface area (Å²) in [7, 11) is 0. The molecule has 4 heteroatoms. The van der Waals surface area contributed by atoms with E-state index < -0.39 is 0 Å². The molecule has 0 spiro atoms. The second kappa shape index (κ2) is 3.89. The van der Waals surface area contributed by atoms with Gasteiger partial charge in [-0.3, -0.25) is 0 Å². The first-order valence-corrected chi connectivity index (χ1v) is 6.67. The molecule has 0 aromatic heterocycles. The van der Waals surface area contributed by atoms with E-state index in [1.807, 2.05) is 6.07 Å². The fourth-order valence-electron chi connectivity index (χ4n) is 2.14. The van der Waals surface area contributed by atoms with E-state index in [1.165, 1.54) is 12.0 Å². The first kappa shape index (κ1) is 11.4. The molecular weight excluding hydrogens is 282 g/mol. The lowest BCUT2D eigenvalue weighted by molar-refractivity contribution is 0.174. The summed E-state index contributed by atoms with van der Waals surface area (Å²) in [4.78, 5) is 0. The first-order valence-electron chi connectivity index (χ1n) is 5.88. The van der Waals surface area contributed by atoms with Gasteiger partial charge in [0.15, 0.2) is 11.5 Å². The van der Waals surface area contributed by atoms with Gasteiger partial charge in [0.2, 0.25) is 6.79 Å². The highest BCUT2D eigenvalue weighted by atomic mass is 79.9. The maximum absolute atomic E-state index is 5.39. The Morgan fingerprint density at radius 3 is 2.65 bits per heavy atom. The Kier molecular flexibility index (Phi) is 2.60. The van der Waals surface area contributed by atoms with E-state index in [1.54, 1.807) is 0 Å². The minimum atomic E-state index is 0.328. The van der Waals surface area contributed by atoms with Crippen molar-refractivity contribution in [1.29, 1.82) is 0 Å². The number of hydrogen-bond donors (Lipinski definition) is 1. The molecule has 1 N–H and O–H groups in total. The van der Waals surface area contributed by atoms with Crippen LogP contribution in [0, 0.1) is 5.41 Å². The van der Waals surface area contributed by atoms with Crippen LogP contribution >= 0.6 is 15.9 Å². The Morgan fingerprint density at radius 1 is 1.35 bits per heavy atom. The lowest BCUT2D eigenvalue weighted by atomic mass is 10.1. The van der Waals surface area contributed by atoms with Crippen molar-refractivity contribution < 1.29 is 9.47 Å². The zero-order chi connectivity index (χ0) is 12.0. The average molecular weight is 298 g/mol. The molecule has 1 fully saturated rings. The molecule has 1 atom stereocenters. The van der Waals surface area contributed by atoms with Crippen molar-refractivity contribution in [1.82, 2.24) is 5.32 Å². The molecule has 3 nitrogen and oxygen atoms in total. The normalized spacial score (nSPS) is 23.8. The van der Waals surface area contributed by atoms with Gasteiger partial charge in [-0.2, -0.15) is 0 Å². The van der Waals surface area contributed by atoms with Gasteiger partial charge in [-0.1, -0.05) is 29.8 Å². The van der Waals surface area contributed by atoms with Gasteiger partial charge in [0.25, 0.3) is 0 Å². The van der Waals surface area contributed by atoms with E-state index in [0.717, 1.165) is 22.5 Å². The third-order valence-electron chi connectivity index (χ3n) is 3.59. The second-order valence-electron chi connectivity index (χ2n) is 5.42. The summed E-state index contributed by atoms with van der Waals surface area (Å²) in [5.74, 6) is 1.67. The summed E-state index contributed by atoms with van der Waals surface area (Å²) in [6, 6.07) is 4.67. The number of rotatable bonds is 3.